The molecule has 1 aromatic carbocycles. The van der Waals surface area contributed by atoms with Gasteiger partial charge in [0.2, 0.25) is 0 Å². The summed E-state index contributed by atoms with van der Waals surface area (Å²) in [6.07, 6.45) is 0. The highest BCUT2D eigenvalue weighted by Crippen LogP contribution is 2.17. The molecule has 3 rings (SSSR count). The van der Waals surface area contributed by atoms with E-state index in [1.165, 1.54) is 11.3 Å². The van der Waals surface area contributed by atoms with Gasteiger partial charge in [0.15, 0.2) is 11.6 Å². The van der Waals surface area contributed by atoms with Crippen LogP contribution >= 0.6 is 11.3 Å². The number of amides is 1. The lowest BCUT2D eigenvalue weighted by Crippen LogP contribution is -2.12. The lowest BCUT2D eigenvalue weighted by atomic mass is 10.2. The van der Waals surface area contributed by atoms with Crippen LogP contribution in [0, 0.1) is 11.3 Å². The first kappa shape index (κ1) is 14.7. The Morgan fingerprint density at radius 3 is 2.61 bits per heavy atom. The van der Waals surface area contributed by atoms with Gasteiger partial charge in [0, 0.05) is 5.69 Å². The highest BCUT2D eigenvalue weighted by molar-refractivity contribution is 7.12. The smallest absolute Gasteiger partial charge is 0.266 e. The van der Waals surface area contributed by atoms with Crippen molar-refractivity contribution >= 4 is 34.6 Å². The second-order valence-corrected chi connectivity index (χ2v) is 5.50. The Labute approximate surface area is 136 Å². The van der Waals surface area contributed by atoms with Crippen LogP contribution in [0.4, 0.5) is 17.3 Å². The Hall–Kier alpha value is -3.24. The standard InChI is InChI=1S/C16H11N5OS/c17-10-11-3-1-4-12(9-11)18-14-6-7-15(21-20-14)19-16(22)13-5-2-8-23-13/h1-9H,(H,18,20)(H,19,21,22). The Balaban J connectivity index is 1.67. The topological polar surface area (TPSA) is 90.7 Å². The number of nitriles is 1. The van der Waals surface area contributed by atoms with E-state index in [1.807, 2.05) is 17.5 Å². The molecule has 0 aliphatic carbocycles. The highest BCUT2D eigenvalue weighted by Gasteiger charge is 2.08. The normalized spacial score (nSPS) is 9.87. The number of hydrogen-bond donors (Lipinski definition) is 2. The maximum Gasteiger partial charge on any atom is 0.266 e. The van der Waals surface area contributed by atoms with Crippen molar-refractivity contribution < 1.29 is 4.79 Å². The number of nitrogens with one attached hydrogen (secondary N) is 2. The van der Waals surface area contributed by atoms with Crippen LogP contribution in [0.3, 0.4) is 0 Å². The number of hydrogen-bond acceptors (Lipinski definition) is 6. The molecule has 2 heterocycles. The van der Waals surface area contributed by atoms with Crippen LogP contribution in [0.2, 0.25) is 0 Å². The van der Waals surface area contributed by atoms with Crippen LogP contribution in [0.1, 0.15) is 15.2 Å². The second kappa shape index (κ2) is 6.68. The second-order valence-electron chi connectivity index (χ2n) is 4.55. The molecule has 2 N–H and O–H groups in total. The summed E-state index contributed by atoms with van der Waals surface area (Å²) in [6, 6.07) is 16.0. The van der Waals surface area contributed by atoms with Crippen molar-refractivity contribution in [2.24, 2.45) is 0 Å². The quantitative estimate of drug-likeness (QED) is 0.768. The minimum Gasteiger partial charge on any atom is -0.339 e. The first-order chi connectivity index (χ1) is 11.2. The van der Waals surface area contributed by atoms with Gasteiger partial charge in [0.25, 0.3) is 5.91 Å². The average molecular weight is 321 g/mol. The number of benzene rings is 1. The summed E-state index contributed by atoms with van der Waals surface area (Å²) >= 11 is 1.36. The first-order valence-corrected chi connectivity index (χ1v) is 7.58. The Kier molecular flexibility index (Phi) is 4.27. The van der Waals surface area contributed by atoms with Crippen LogP contribution in [0.5, 0.6) is 0 Å². The highest BCUT2D eigenvalue weighted by atomic mass is 32.1. The Bertz CT molecular complexity index is 853. The fourth-order valence-electron chi connectivity index (χ4n) is 1.87. The Morgan fingerprint density at radius 2 is 1.91 bits per heavy atom. The van der Waals surface area contributed by atoms with E-state index < -0.39 is 0 Å². The average Bonchev–Trinajstić information content (AvgIpc) is 3.11. The number of carbonyl (C=O) groups is 1. The molecule has 2 aromatic heterocycles. The summed E-state index contributed by atoms with van der Waals surface area (Å²) in [7, 11) is 0. The van der Waals surface area contributed by atoms with Crippen LogP contribution in [0.25, 0.3) is 0 Å². The Morgan fingerprint density at radius 1 is 1.09 bits per heavy atom. The van der Waals surface area contributed by atoms with E-state index in [4.69, 9.17) is 5.26 Å². The van der Waals surface area contributed by atoms with Gasteiger partial charge in [0.1, 0.15) is 0 Å². The van der Waals surface area contributed by atoms with Crippen LogP contribution in [-0.2, 0) is 0 Å². The van der Waals surface area contributed by atoms with Crippen molar-refractivity contribution in [2.45, 2.75) is 0 Å². The van der Waals surface area contributed by atoms with Crippen molar-refractivity contribution in [2.75, 3.05) is 10.6 Å². The summed E-state index contributed by atoms with van der Waals surface area (Å²) in [6.45, 7) is 0. The molecule has 0 aliphatic heterocycles. The maximum absolute atomic E-state index is 11.9. The molecule has 7 heteroatoms. The van der Waals surface area contributed by atoms with Crippen LogP contribution < -0.4 is 10.6 Å². The van der Waals surface area contributed by atoms with Gasteiger partial charge in [-0.2, -0.15) is 5.26 Å². The summed E-state index contributed by atoms with van der Waals surface area (Å²) in [4.78, 5) is 12.5. The number of nitrogens with zero attached hydrogens (tertiary/aromatic N) is 3. The molecule has 1 amide bonds. The van der Waals surface area contributed by atoms with Gasteiger partial charge in [-0.15, -0.1) is 21.5 Å². The summed E-state index contributed by atoms with van der Waals surface area (Å²) < 4.78 is 0. The van der Waals surface area contributed by atoms with E-state index in [0.717, 1.165) is 5.69 Å². The zero-order valence-corrected chi connectivity index (χ0v) is 12.7. The van der Waals surface area contributed by atoms with Crippen molar-refractivity contribution in [3.63, 3.8) is 0 Å². The molecule has 3 aromatic rings. The van der Waals surface area contributed by atoms with Gasteiger partial charge in [-0.05, 0) is 41.8 Å². The lowest BCUT2D eigenvalue weighted by molar-refractivity contribution is 0.103. The molecule has 0 saturated carbocycles. The number of thiophene rings is 1. The fourth-order valence-corrected chi connectivity index (χ4v) is 2.48. The number of carbonyl (C=O) groups excluding carboxylic acids is 1. The van der Waals surface area contributed by atoms with Gasteiger partial charge in [0.05, 0.1) is 16.5 Å². The molecule has 0 radical (unpaired) electrons. The summed E-state index contributed by atoms with van der Waals surface area (Å²) in [5.74, 6) is 0.686. The van der Waals surface area contributed by atoms with Crippen molar-refractivity contribution in [1.29, 1.82) is 5.26 Å². The minimum absolute atomic E-state index is 0.211. The monoisotopic (exact) mass is 321 g/mol. The number of rotatable bonds is 4. The maximum atomic E-state index is 11.9. The molecule has 0 spiro atoms. The van der Waals surface area contributed by atoms with Crippen molar-refractivity contribution in [1.82, 2.24) is 10.2 Å². The molecular formula is C16H11N5OS. The minimum atomic E-state index is -0.211. The summed E-state index contributed by atoms with van der Waals surface area (Å²) in [5, 5.41) is 24.4. The molecule has 0 atom stereocenters. The molecular weight excluding hydrogens is 310 g/mol. The van der Waals surface area contributed by atoms with E-state index in [1.54, 1.807) is 36.4 Å². The number of anilines is 3. The van der Waals surface area contributed by atoms with Gasteiger partial charge in [-0.25, -0.2) is 0 Å². The zero-order chi connectivity index (χ0) is 16.1. The van der Waals surface area contributed by atoms with Gasteiger partial charge in [-0.3, -0.25) is 4.79 Å². The first-order valence-electron chi connectivity index (χ1n) is 6.70. The zero-order valence-electron chi connectivity index (χ0n) is 11.9. The van der Waals surface area contributed by atoms with Gasteiger partial charge < -0.3 is 10.6 Å². The molecule has 23 heavy (non-hydrogen) atoms. The van der Waals surface area contributed by atoms with E-state index in [0.29, 0.717) is 22.1 Å². The number of aromatic nitrogens is 2. The largest absolute Gasteiger partial charge is 0.339 e. The van der Waals surface area contributed by atoms with E-state index in [2.05, 4.69) is 26.9 Å². The third kappa shape index (κ3) is 3.70. The molecule has 0 saturated heterocycles. The summed E-state index contributed by atoms with van der Waals surface area (Å²) in [5.41, 5.74) is 1.30. The van der Waals surface area contributed by atoms with E-state index >= 15 is 0 Å². The third-order valence-corrected chi connectivity index (χ3v) is 3.78. The third-order valence-electron chi connectivity index (χ3n) is 2.92. The molecule has 0 unspecified atom stereocenters. The molecule has 6 nitrogen and oxygen atoms in total. The van der Waals surface area contributed by atoms with Crippen LogP contribution in [0.15, 0.2) is 53.9 Å². The molecule has 112 valence electrons. The van der Waals surface area contributed by atoms with Gasteiger partial charge >= 0.3 is 0 Å². The predicted molar refractivity (Wildman–Crippen MR) is 88.7 cm³/mol. The lowest BCUT2D eigenvalue weighted by Gasteiger charge is -2.06. The van der Waals surface area contributed by atoms with Gasteiger partial charge in [-0.1, -0.05) is 12.1 Å². The van der Waals surface area contributed by atoms with Crippen LogP contribution in [-0.4, -0.2) is 16.1 Å². The van der Waals surface area contributed by atoms with Crippen molar-refractivity contribution in [3.05, 3.63) is 64.4 Å². The predicted octanol–water partition coefficient (Wildman–Crippen LogP) is 3.41. The fraction of sp³-hybridized carbons (Fsp3) is 0. The molecule has 0 fully saturated rings. The molecule has 0 aliphatic rings. The van der Waals surface area contributed by atoms with Crippen molar-refractivity contribution in [3.8, 4) is 6.07 Å². The van der Waals surface area contributed by atoms with E-state index in [-0.39, 0.29) is 5.91 Å². The van der Waals surface area contributed by atoms with E-state index in [9.17, 15) is 4.79 Å². The SMILES string of the molecule is N#Cc1cccc(Nc2ccc(NC(=O)c3cccs3)nn2)c1. The molecule has 0 bridgehead atoms.